The second kappa shape index (κ2) is 4.06. The van der Waals surface area contributed by atoms with Gasteiger partial charge in [-0.15, -0.1) is 0 Å². The first-order valence-corrected chi connectivity index (χ1v) is 4.71. The first kappa shape index (κ1) is 10.2. The van der Waals surface area contributed by atoms with Crippen molar-refractivity contribution in [3.8, 4) is 0 Å². The van der Waals surface area contributed by atoms with E-state index < -0.39 is 5.91 Å². The average molecular weight is 218 g/mol. The number of rotatable bonds is 3. The van der Waals surface area contributed by atoms with Crippen molar-refractivity contribution >= 4 is 22.8 Å². The number of hydrogen-bond acceptors (Lipinski definition) is 3. The van der Waals surface area contributed by atoms with Gasteiger partial charge in [-0.3, -0.25) is 9.59 Å². The van der Waals surface area contributed by atoms with Crippen molar-refractivity contribution in [1.29, 1.82) is 0 Å². The molecule has 0 aliphatic rings. The first-order valence-electron chi connectivity index (χ1n) is 4.71. The van der Waals surface area contributed by atoms with E-state index in [9.17, 15) is 9.59 Å². The lowest BCUT2D eigenvalue weighted by Gasteiger charge is -1.99. The molecule has 1 aromatic heterocycles. The molecule has 1 heterocycles. The summed E-state index contributed by atoms with van der Waals surface area (Å²) in [7, 11) is 0. The van der Waals surface area contributed by atoms with E-state index in [4.69, 9.17) is 10.2 Å². The minimum Gasteiger partial charge on any atom is -0.463 e. The van der Waals surface area contributed by atoms with Crippen LogP contribution in [0.5, 0.6) is 0 Å². The number of hydrogen-bond donors (Lipinski definition) is 2. The van der Waals surface area contributed by atoms with Crippen molar-refractivity contribution in [2.75, 3.05) is 6.54 Å². The highest BCUT2D eigenvalue weighted by Crippen LogP contribution is 2.20. The van der Waals surface area contributed by atoms with Crippen LogP contribution in [0.3, 0.4) is 0 Å². The molecule has 0 aliphatic heterocycles. The van der Waals surface area contributed by atoms with Gasteiger partial charge in [0.05, 0.1) is 12.1 Å². The van der Waals surface area contributed by atoms with E-state index >= 15 is 0 Å². The lowest BCUT2D eigenvalue weighted by Crippen LogP contribution is -2.33. The predicted octanol–water partition coefficient (Wildman–Crippen LogP) is 0.648. The maximum absolute atomic E-state index is 11.6. The molecule has 1 aromatic carbocycles. The Morgan fingerprint density at radius 2 is 2.06 bits per heavy atom. The summed E-state index contributed by atoms with van der Waals surface area (Å²) in [5.41, 5.74) is 5.96. The van der Waals surface area contributed by atoms with Crippen molar-refractivity contribution in [1.82, 2.24) is 5.32 Å². The van der Waals surface area contributed by atoms with Crippen molar-refractivity contribution in [2.24, 2.45) is 5.73 Å². The number of nitrogens with one attached hydrogen (secondary N) is 1. The molecule has 0 fully saturated rings. The fourth-order valence-corrected chi connectivity index (χ4v) is 1.42. The van der Waals surface area contributed by atoms with Gasteiger partial charge in [-0.05, 0) is 6.07 Å². The van der Waals surface area contributed by atoms with E-state index in [0.29, 0.717) is 16.5 Å². The molecule has 2 amide bonds. The normalized spacial score (nSPS) is 10.2. The summed E-state index contributed by atoms with van der Waals surface area (Å²) in [6.07, 6.45) is 1.36. The number of nitrogens with two attached hydrogens (primary N) is 1. The smallest absolute Gasteiger partial charge is 0.255 e. The van der Waals surface area contributed by atoms with E-state index in [1.165, 1.54) is 6.26 Å². The Morgan fingerprint density at radius 3 is 2.81 bits per heavy atom. The summed E-state index contributed by atoms with van der Waals surface area (Å²) < 4.78 is 5.20. The molecule has 0 aliphatic carbocycles. The third-order valence-electron chi connectivity index (χ3n) is 2.15. The molecule has 0 saturated carbocycles. The minimum absolute atomic E-state index is 0.182. The fraction of sp³-hybridized carbons (Fsp3) is 0.0909. The Kier molecular flexibility index (Phi) is 2.59. The number of fused-ring (bicyclic) bond motifs is 1. The molecule has 0 unspecified atom stereocenters. The zero-order valence-electron chi connectivity index (χ0n) is 8.40. The van der Waals surface area contributed by atoms with Crippen LogP contribution in [0.4, 0.5) is 0 Å². The Morgan fingerprint density at radius 1 is 1.31 bits per heavy atom. The monoisotopic (exact) mass is 218 g/mol. The summed E-state index contributed by atoms with van der Waals surface area (Å²) in [5, 5.41) is 3.12. The lowest BCUT2D eigenvalue weighted by molar-refractivity contribution is -0.117. The number of primary amides is 1. The van der Waals surface area contributed by atoms with E-state index in [-0.39, 0.29) is 12.5 Å². The van der Waals surface area contributed by atoms with Crippen molar-refractivity contribution < 1.29 is 14.0 Å². The molecular formula is C11H10N2O3. The van der Waals surface area contributed by atoms with Crippen LogP contribution in [0.1, 0.15) is 10.4 Å². The second-order valence-electron chi connectivity index (χ2n) is 3.29. The molecule has 2 aromatic rings. The van der Waals surface area contributed by atoms with Gasteiger partial charge in [0.25, 0.3) is 5.91 Å². The van der Waals surface area contributed by atoms with Crippen LogP contribution >= 0.6 is 0 Å². The summed E-state index contributed by atoms with van der Waals surface area (Å²) in [6.45, 7) is -0.182. The molecule has 0 saturated heterocycles. The fourth-order valence-electron chi connectivity index (χ4n) is 1.42. The summed E-state index contributed by atoms with van der Waals surface area (Å²) in [6, 6.07) is 7.16. The number of carbonyl (C=O) groups is 2. The highest BCUT2D eigenvalue weighted by atomic mass is 16.3. The molecule has 5 nitrogen and oxygen atoms in total. The number of furan rings is 1. The number of benzene rings is 1. The Hall–Kier alpha value is -2.30. The highest BCUT2D eigenvalue weighted by Gasteiger charge is 2.13. The third-order valence-corrected chi connectivity index (χ3v) is 2.15. The van der Waals surface area contributed by atoms with Gasteiger partial charge in [0.1, 0.15) is 11.8 Å². The Balaban J connectivity index is 2.26. The van der Waals surface area contributed by atoms with Crippen LogP contribution in [-0.4, -0.2) is 18.4 Å². The zero-order chi connectivity index (χ0) is 11.5. The summed E-state index contributed by atoms with van der Waals surface area (Å²) in [5.74, 6) is -0.954. The molecule has 0 radical (unpaired) electrons. The maximum atomic E-state index is 11.6. The second-order valence-corrected chi connectivity index (χ2v) is 3.29. The quantitative estimate of drug-likeness (QED) is 0.793. The highest BCUT2D eigenvalue weighted by molar-refractivity contribution is 6.06. The molecule has 3 N–H and O–H groups in total. The average Bonchev–Trinajstić information content (AvgIpc) is 2.69. The molecule has 2 rings (SSSR count). The standard InChI is InChI=1S/C11H10N2O3/c12-10(14)5-13-11(15)8-6-16-9-4-2-1-3-7(8)9/h1-4,6H,5H2,(H2,12,14)(H,13,15). The predicted molar refractivity (Wildman–Crippen MR) is 57.7 cm³/mol. The topological polar surface area (TPSA) is 85.3 Å². The van der Waals surface area contributed by atoms with Crippen molar-refractivity contribution in [2.45, 2.75) is 0 Å². The number of carbonyl (C=O) groups excluding carboxylic acids is 2. The van der Waals surface area contributed by atoms with Gasteiger partial charge < -0.3 is 15.5 Å². The summed E-state index contributed by atoms with van der Waals surface area (Å²) in [4.78, 5) is 22.2. The largest absolute Gasteiger partial charge is 0.463 e. The van der Waals surface area contributed by atoms with Crippen LogP contribution in [0.15, 0.2) is 34.9 Å². The van der Waals surface area contributed by atoms with Gasteiger partial charge in [0.2, 0.25) is 5.91 Å². The van der Waals surface area contributed by atoms with Crippen molar-refractivity contribution in [3.05, 3.63) is 36.1 Å². The first-order chi connectivity index (χ1) is 7.68. The molecule has 5 heteroatoms. The maximum Gasteiger partial charge on any atom is 0.255 e. The lowest BCUT2D eigenvalue weighted by atomic mass is 10.1. The van der Waals surface area contributed by atoms with Crippen LogP contribution in [0, 0.1) is 0 Å². The van der Waals surface area contributed by atoms with Crippen LogP contribution in [0.25, 0.3) is 11.0 Å². The van der Waals surface area contributed by atoms with E-state index in [0.717, 1.165) is 0 Å². The van der Waals surface area contributed by atoms with Gasteiger partial charge in [0.15, 0.2) is 0 Å². The third kappa shape index (κ3) is 1.88. The SMILES string of the molecule is NC(=O)CNC(=O)c1coc2ccccc12. The molecule has 82 valence electrons. The minimum atomic E-state index is -0.582. The van der Waals surface area contributed by atoms with Crippen LogP contribution < -0.4 is 11.1 Å². The van der Waals surface area contributed by atoms with Gasteiger partial charge in [0, 0.05) is 5.39 Å². The number of para-hydroxylation sites is 1. The molecule has 0 spiro atoms. The molecule has 16 heavy (non-hydrogen) atoms. The van der Waals surface area contributed by atoms with E-state index in [2.05, 4.69) is 5.32 Å². The van der Waals surface area contributed by atoms with Gasteiger partial charge >= 0.3 is 0 Å². The zero-order valence-corrected chi connectivity index (χ0v) is 8.40. The molecule has 0 bridgehead atoms. The number of amides is 2. The van der Waals surface area contributed by atoms with Gasteiger partial charge in [-0.2, -0.15) is 0 Å². The van der Waals surface area contributed by atoms with Crippen molar-refractivity contribution in [3.63, 3.8) is 0 Å². The van der Waals surface area contributed by atoms with E-state index in [1.54, 1.807) is 12.1 Å². The van der Waals surface area contributed by atoms with Crippen LogP contribution in [-0.2, 0) is 4.79 Å². The summed E-state index contributed by atoms with van der Waals surface area (Å²) >= 11 is 0. The molecular weight excluding hydrogens is 208 g/mol. The van der Waals surface area contributed by atoms with Crippen LogP contribution in [0.2, 0.25) is 0 Å². The van der Waals surface area contributed by atoms with Gasteiger partial charge in [-0.1, -0.05) is 18.2 Å². The Labute approximate surface area is 91.2 Å². The van der Waals surface area contributed by atoms with Gasteiger partial charge in [-0.25, -0.2) is 0 Å². The Bertz CT molecular complexity index is 545. The molecule has 0 atom stereocenters. The van der Waals surface area contributed by atoms with E-state index in [1.807, 2.05) is 12.1 Å².